The summed E-state index contributed by atoms with van der Waals surface area (Å²) in [6.07, 6.45) is 8.93. The van der Waals surface area contributed by atoms with Gasteiger partial charge in [0, 0.05) is 6.54 Å². The summed E-state index contributed by atoms with van der Waals surface area (Å²) < 4.78 is 25.8. The third-order valence-corrected chi connectivity index (χ3v) is 5.84. The Bertz CT molecular complexity index is 774. The first-order chi connectivity index (χ1) is 12.2. The molecule has 0 aromatic heterocycles. The lowest BCUT2D eigenvalue weighted by molar-refractivity contribution is -0.119. The molecule has 0 fully saturated rings. The van der Waals surface area contributed by atoms with Crippen LogP contribution in [0.25, 0.3) is 0 Å². The molecule has 0 heterocycles. The largest absolute Gasteiger partial charge is 0.354 e. The van der Waals surface area contributed by atoms with E-state index in [-0.39, 0.29) is 12.5 Å². The van der Waals surface area contributed by atoms with Gasteiger partial charge in [-0.2, -0.15) is 0 Å². The molecule has 0 bridgehead atoms. The molecule has 0 radical (unpaired) electrons. The van der Waals surface area contributed by atoms with Gasteiger partial charge in [0.1, 0.15) is 6.54 Å². The van der Waals surface area contributed by atoms with Crippen LogP contribution in [0.4, 0.5) is 5.69 Å². The van der Waals surface area contributed by atoms with E-state index in [1.807, 2.05) is 32.9 Å². The quantitative estimate of drug-likeness (QED) is 0.740. The number of carbonyl (C=O) groups is 1. The summed E-state index contributed by atoms with van der Waals surface area (Å²) in [6, 6.07) is 3.88. The first kappa shape index (κ1) is 20.5. The smallest absolute Gasteiger partial charge is 0.240 e. The van der Waals surface area contributed by atoms with Crippen molar-refractivity contribution in [3.63, 3.8) is 0 Å². The first-order valence-electron chi connectivity index (χ1n) is 9.18. The van der Waals surface area contributed by atoms with Crippen LogP contribution in [0.3, 0.4) is 0 Å². The predicted octanol–water partition coefficient (Wildman–Crippen LogP) is 3.38. The summed E-state index contributed by atoms with van der Waals surface area (Å²) in [6.45, 7) is 6.08. The van der Waals surface area contributed by atoms with Crippen LogP contribution in [0.15, 0.2) is 23.8 Å². The summed E-state index contributed by atoms with van der Waals surface area (Å²) in [5, 5.41) is 2.87. The maximum atomic E-state index is 12.4. The number of anilines is 1. The molecule has 1 amide bonds. The fourth-order valence-electron chi connectivity index (χ4n) is 3.61. The van der Waals surface area contributed by atoms with Gasteiger partial charge in [-0.25, -0.2) is 8.42 Å². The fraction of sp³-hybridized carbons (Fsp3) is 0.550. The standard InChI is InChI=1S/C20H30N2O3S/c1-15-12-16(2)20(17(3)13-15)22(26(4,24)25)14-19(23)21-11-10-18-8-6-5-7-9-18/h8,12-13H,5-7,9-11,14H2,1-4H3,(H,21,23). The van der Waals surface area contributed by atoms with Crippen LogP contribution in [0.2, 0.25) is 0 Å². The Labute approximate surface area is 157 Å². The van der Waals surface area contributed by atoms with Crippen molar-refractivity contribution < 1.29 is 13.2 Å². The first-order valence-corrected chi connectivity index (χ1v) is 11.0. The van der Waals surface area contributed by atoms with E-state index in [1.165, 1.54) is 22.7 Å². The van der Waals surface area contributed by atoms with E-state index in [0.29, 0.717) is 12.2 Å². The van der Waals surface area contributed by atoms with Crippen LogP contribution in [0.5, 0.6) is 0 Å². The molecule has 0 saturated heterocycles. The summed E-state index contributed by atoms with van der Waals surface area (Å²) >= 11 is 0. The number of hydrogen-bond acceptors (Lipinski definition) is 3. The predicted molar refractivity (Wildman–Crippen MR) is 107 cm³/mol. The van der Waals surface area contributed by atoms with E-state index in [0.717, 1.165) is 42.2 Å². The highest BCUT2D eigenvalue weighted by molar-refractivity contribution is 7.92. The molecule has 1 aromatic rings. The van der Waals surface area contributed by atoms with Gasteiger partial charge in [-0.3, -0.25) is 9.10 Å². The maximum absolute atomic E-state index is 12.4. The van der Waals surface area contributed by atoms with Crippen LogP contribution < -0.4 is 9.62 Å². The molecule has 1 aliphatic rings. The Morgan fingerprint density at radius 3 is 2.35 bits per heavy atom. The van der Waals surface area contributed by atoms with Crippen molar-refractivity contribution >= 4 is 21.6 Å². The molecule has 0 saturated carbocycles. The van der Waals surface area contributed by atoms with E-state index in [4.69, 9.17) is 0 Å². The number of nitrogens with one attached hydrogen (secondary N) is 1. The molecule has 6 heteroatoms. The summed E-state index contributed by atoms with van der Waals surface area (Å²) in [5.74, 6) is -0.272. The van der Waals surface area contributed by atoms with Gasteiger partial charge in [-0.1, -0.05) is 29.3 Å². The van der Waals surface area contributed by atoms with Crippen molar-refractivity contribution in [3.05, 3.63) is 40.5 Å². The zero-order chi connectivity index (χ0) is 19.3. The number of allylic oxidation sites excluding steroid dienone is 1. The Morgan fingerprint density at radius 2 is 1.81 bits per heavy atom. The maximum Gasteiger partial charge on any atom is 0.240 e. The van der Waals surface area contributed by atoms with Gasteiger partial charge in [0.2, 0.25) is 15.9 Å². The Kier molecular flexibility index (Phi) is 6.87. The summed E-state index contributed by atoms with van der Waals surface area (Å²) in [7, 11) is -3.56. The van der Waals surface area contributed by atoms with Crippen molar-refractivity contribution in [3.8, 4) is 0 Å². The zero-order valence-corrected chi connectivity index (χ0v) is 17.1. The van der Waals surface area contributed by atoms with Crippen LogP contribution in [-0.2, 0) is 14.8 Å². The minimum atomic E-state index is -3.56. The highest BCUT2D eigenvalue weighted by Crippen LogP contribution is 2.28. The van der Waals surface area contributed by atoms with Crippen LogP contribution in [0.1, 0.15) is 48.8 Å². The second-order valence-corrected chi connectivity index (χ2v) is 9.13. The molecule has 0 aliphatic heterocycles. The van der Waals surface area contributed by atoms with Crippen molar-refractivity contribution in [1.29, 1.82) is 0 Å². The van der Waals surface area contributed by atoms with Crippen LogP contribution in [-0.4, -0.2) is 33.7 Å². The molecule has 0 spiro atoms. The number of amides is 1. The fourth-order valence-corrected chi connectivity index (χ4v) is 4.58. The lowest BCUT2D eigenvalue weighted by Crippen LogP contribution is -2.41. The highest BCUT2D eigenvalue weighted by Gasteiger charge is 2.24. The van der Waals surface area contributed by atoms with Gasteiger partial charge < -0.3 is 5.32 Å². The lowest BCUT2D eigenvalue weighted by atomic mass is 9.97. The average Bonchev–Trinajstić information content (AvgIpc) is 2.53. The number of aryl methyl sites for hydroxylation is 3. The van der Waals surface area contributed by atoms with E-state index in [1.54, 1.807) is 0 Å². The molecule has 26 heavy (non-hydrogen) atoms. The number of rotatable bonds is 7. The zero-order valence-electron chi connectivity index (χ0n) is 16.3. The second kappa shape index (κ2) is 8.71. The molecule has 0 unspecified atom stereocenters. The summed E-state index contributed by atoms with van der Waals surface area (Å²) in [4.78, 5) is 12.4. The van der Waals surface area contributed by atoms with Crippen LogP contribution >= 0.6 is 0 Å². The van der Waals surface area contributed by atoms with E-state index in [9.17, 15) is 13.2 Å². The summed E-state index contributed by atoms with van der Waals surface area (Å²) in [5.41, 5.74) is 4.77. The number of sulfonamides is 1. The van der Waals surface area contributed by atoms with Gasteiger partial charge in [-0.15, -0.1) is 0 Å². The Balaban J connectivity index is 2.07. The molecule has 2 rings (SSSR count). The van der Waals surface area contributed by atoms with Crippen molar-refractivity contribution in [2.24, 2.45) is 0 Å². The molecule has 1 aromatic carbocycles. The highest BCUT2D eigenvalue weighted by atomic mass is 32.2. The monoisotopic (exact) mass is 378 g/mol. The van der Waals surface area contributed by atoms with Gasteiger partial charge in [0.05, 0.1) is 11.9 Å². The van der Waals surface area contributed by atoms with Gasteiger partial charge >= 0.3 is 0 Å². The lowest BCUT2D eigenvalue weighted by Gasteiger charge is -2.26. The number of nitrogens with zero attached hydrogens (tertiary/aromatic N) is 1. The normalized spacial score (nSPS) is 14.7. The third kappa shape index (κ3) is 5.59. The minimum Gasteiger partial charge on any atom is -0.354 e. The van der Waals surface area contributed by atoms with Crippen LogP contribution in [0, 0.1) is 20.8 Å². The third-order valence-electron chi connectivity index (χ3n) is 4.73. The molecule has 5 nitrogen and oxygen atoms in total. The number of carbonyl (C=O) groups excluding carboxylic acids is 1. The molecular formula is C20H30N2O3S. The van der Waals surface area contributed by atoms with Crippen molar-refractivity contribution in [1.82, 2.24) is 5.32 Å². The SMILES string of the molecule is Cc1cc(C)c(N(CC(=O)NCCC2=CCCCC2)S(C)(=O)=O)c(C)c1. The van der Waals surface area contributed by atoms with Gasteiger partial charge in [-0.05, 0) is 64.0 Å². The Morgan fingerprint density at radius 1 is 1.15 bits per heavy atom. The average molecular weight is 379 g/mol. The van der Waals surface area contributed by atoms with E-state index >= 15 is 0 Å². The van der Waals surface area contributed by atoms with E-state index in [2.05, 4.69) is 11.4 Å². The molecule has 1 N–H and O–H groups in total. The van der Waals surface area contributed by atoms with Gasteiger partial charge in [0.25, 0.3) is 0 Å². The number of hydrogen-bond donors (Lipinski definition) is 1. The topological polar surface area (TPSA) is 66.5 Å². The second-order valence-electron chi connectivity index (χ2n) is 7.23. The minimum absolute atomic E-state index is 0.192. The molecule has 1 aliphatic carbocycles. The Hall–Kier alpha value is -1.82. The van der Waals surface area contributed by atoms with Crippen molar-refractivity contribution in [2.75, 3.05) is 23.7 Å². The number of benzene rings is 1. The molecule has 144 valence electrons. The van der Waals surface area contributed by atoms with Gasteiger partial charge in [0.15, 0.2) is 0 Å². The molecular weight excluding hydrogens is 348 g/mol. The molecule has 0 atom stereocenters. The van der Waals surface area contributed by atoms with E-state index < -0.39 is 10.0 Å². The van der Waals surface area contributed by atoms with Crippen molar-refractivity contribution in [2.45, 2.75) is 52.9 Å².